The highest BCUT2D eigenvalue weighted by molar-refractivity contribution is 7.80. The molecule has 0 aliphatic carbocycles. The van der Waals surface area contributed by atoms with Crippen molar-refractivity contribution in [1.29, 1.82) is 0 Å². The summed E-state index contributed by atoms with van der Waals surface area (Å²) in [5.74, 6) is -0.526. The highest BCUT2D eigenvalue weighted by atomic mass is 32.1. The minimum Gasteiger partial charge on any atom is -0.465 e. The molecule has 0 unspecified atom stereocenters. The molecule has 1 aliphatic heterocycles. The molecule has 2 atom stereocenters. The van der Waals surface area contributed by atoms with Crippen molar-refractivity contribution < 1.29 is 14.3 Å². The van der Waals surface area contributed by atoms with Gasteiger partial charge in [0.25, 0.3) is 0 Å². The Hall–Kier alpha value is -4.50. The Balaban J connectivity index is 1.62. The number of aryl methyl sites for hydroxylation is 2. The maximum absolute atomic E-state index is 12.4. The fraction of sp³-hybridized carbons (Fsp3) is 0.273. The second kappa shape index (κ2) is 11.8. The van der Waals surface area contributed by atoms with E-state index in [0.717, 1.165) is 45.3 Å². The molecule has 42 heavy (non-hydrogen) atoms. The van der Waals surface area contributed by atoms with Crippen molar-refractivity contribution in [3.63, 3.8) is 0 Å². The van der Waals surface area contributed by atoms with Crippen molar-refractivity contribution in [1.82, 2.24) is 14.9 Å². The number of anilines is 2. The smallest absolute Gasteiger partial charge is 0.337 e. The summed E-state index contributed by atoms with van der Waals surface area (Å²) in [6.07, 6.45) is 1.79. The molecule has 0 bridgehead atoms. The van der Waals surface area contributed by atoms with Crippen LogP contribution < -0.4 is 15.5 Å². The van der Waals surface area contributed by atoms with Crippen LogP contribution >= 0.6 is 12.2 Å². The fourth-order valence-corrected chi connectivity index (χ4v) is 5.88. The molecule has 1 saturated heterocycles. The number of aromatic nitrogens is 2. The summed E-state index contributed by atoms with van der Waals surface area (Å²) in [6.45, 7) is 9.86. The van der Waals surface area contributed by atoms with Gasteiger partial charge in [0.05, 0.1) is 30.5 Å². The third-order valence-corrected chi connectivity index (χ3v) is 8.00. The number of amides is 1. The van der Waals surface area contributed by atoms with Gasteiger partial charge in [-0.25, -0.2) is 4.79 Å². The van der Waals surface area contributed by atoms with Crippen molar-refractivity contribution in [2.45, 2.75) is 46.7 Å². The number of esters is 1. The predicted molar refractivity (Wildman–Crippen MR) is 169 cm³/mol. The van der Waals surface area contributed by atoms with Gasteiger partial charge in [-0.3, -0.25) is 9.78 Å². The average Bonchev–Trinajstić information content (AvgIpc) is 3.48. The maximum Gasteiger partial charge on any atom is 0.337 e. The van der Waals surface area contributed by atoms with Gasteiger partial charge in [-0.1, -0.05) is 26.0 Å². The number of nitrogens with one attached hydrogen (secondary N) is 2. The largest absolute Gasteiger partial charge is 0.465 e. The second-order valence-corrected chi connectivity index (χ2v) is 11.2. The van der Waals surface area contributed by atoms with E-state index < -0.39 is 0 Å². The number of thiocarbonyl (C=S) groups is 1. The number of pyridine rings is 1. The van der Waals surface area contributed by atoms with Crippen LogP contribution in [0.2, 0.25) is 0 Å². The highest BCUT2D eigenvalue weighted by Gasteiger charge is 2.42. The minimum absolute atomic E-state index is 0.0268. The van der Waals surface area contributed by atoms with E-state index in [1.54, 1.807) is 12.3 Å². The average molecular weight is 582 g/mol. The highest BCUT2D eigenvalue weighted by Crippen LogP contribution is 2.44. The number of methoxy groups -OCH3 is 1. The molecule has 1 fully saturated rings. The van der Waals surface area contributed by atoms with Crippen LogP contribution in [0.3, 0.4) is 0 Å². The first-order valence-electron chi connectivity index (χ1n) is 13.9. The van der Waals surface area contributed by atoms with Gasteiger partial charge in [0, 0.05) is 40.6 Å². The third-order valence-electron chi connectivity index (χ3n) is 7.68. The van der Waals surface area contributed by atoms with E-state index in [2.05, 4.69) is 51.1 Å². The lowest BCUT2D eigenvalue weighted by Gasteiger charge is -2.29. The molecule has 0 spiro atoms. The van der Waals surface area contributed by atoms with Gasteiger partial charge in [0.15, 0.2) is 5.11 Å². The van der Waals surface area contributed by atoms with Crippen LogP contribution in [0.25, 0.3) is 5.69 Å². The van der Waals surface area contributed by atoms with E-state index in [-0.39, 0.29) is 29.9 Å². The number of hydrogen-bond donors (Lipinski definition) is 2. The standard InChI is InChI=1S/C33H35N5O3S/c1-19(2)31(39)35-27-14-13-25(16-20(27)3)38-30(29(36-33(38)42)28-12-7-8-15-34-28)26-17-21(4)37(22(26)5)24-11-9-10-23(18-24)32(40)41-6/h7-19,29-30H,1-6H3,(H,35,39)(H,36,42)/t29-,30-/m0/s1. The topological polar surface area (TPSA) is 88.5 Å². The van der Waals surface area contributed by atoms with Crippen LogP contribution in [0.5, 0.6) is 0 Å². The van der Waals surface area contributed by atoms with Crippen LogP contribution in [0, 0.1) is 26.7 Å². The zero-order valence-electron chi connectivity index (χ0n) is 24.6. The van der Waals surface area contributed by atoms with Crippen LogP contribution in [-0.2, 0) is 9.53 Å². The van der Waals surface area contributed by atoms with Crippen molar-refractivity contribution in [3.8, 4) is 5.69 Å². The van der Waals surface area contributed by atoms with Gasteiger partial charge >= 0.3 is 5.97 Å². The van der Waals surface area contributed by atoms with Crippen molar-refractivity contribution in [2.75, 3.05) is 17.3 Å². The van der Waals surface area contributed by atoms with E-state index in [1.807, 2.05) is 69.3 Å². The Labute approximate surface area is 251 Å². The molecule has 1 amide bonds. The summed E-state index contributed by atoms with van der Waals surface area (Å²) >= 11 is 5.95. The maximum atomic E-state index is 12.4. The van der Waals surface area contributed by atoms with E-state index in [1.165, 1.54) is 7.11 Å². The van der Waals surface area contributed by atoms with E-state index >= 15 is 0 Å². The number of rotatable bonds is 7. The molecule has 5 rings (SSSR count). The lowest BCUT2D eigenvalue weighted by molar-refractivity contribution is -0.118. The molecular weight excluding hydrogens is 546 g/mol. The first kappa shape index (κ1) is 29.0. The predicted octanol–water partition coefficient (Wildman–Crippen LogP) is 6.36. The molecule has 3 heterocycles. The van der Waals surface area contributed by atoms with Crippen LogP contribution in [0.4, 0.5) is 11.4 Å². The SMILES string of the molecule is COC(=O)c1cccc(-n2c(C)cc([C@H]3[C@H](c4ccccn4)NC(=S)N3c3ccc(NC(=O)C(C)C)c(C)c3)c2C)c1. The lowest BCUT2D eigenvalue weighted by Crippen LogP contribution is -2.29. The molecule has 2 aromatic heterocycles. The summed E-state index contributed by atoms with van der Waals surface area (Å²) in [5, 5.41) is 7.14. The number of hydrogen-bond acceptors (Lipinski definition) is 5. The molecule has 9 heteroatoms. The van der Waals surface area contributed by atoms with Gasteiger partial charge in [-0.15, -0.1) is 0 Å². The Morgan fingerprint density at radius 2 is 1.79 bits per heavy atom. The summed E-state index contributed by atoms with van der Waals surface area (Å²) < 4.78 is 7.10. The molecule has 4 aromatic rings. The summed E-state index contributed by atoms with van der Waals surface area (Å²) in [4.78, 5) is 31.5. The number of carbonyl (C=O) groups is 2. The van der Waals surface area contributed by atoms with Gasteiger partial charge in [0.2, 0.25) is 5.91 Å². The summed E-state index contributed by atoms with van der Waals surface area (Å²) in [7, 11) is 1.38. The number of nitrogens with zero attached hydrogens (tertiary/aromatic N) is 3. The molecular formula is C33H35N5O3S. The Bertz CT molecular complexity index is 1660. The first-order chi connectivity index (χ1) is 20.1. The zero-order chi connectivity index (χ0) is 30.1. The molecule has 2 aromatic carbocycles. The number of ether oxygens (including phenoxy) is 1. The van der Waals surface area contributed by atoms with Crippen LogP contribution in [0.1, 0.15) is 64.5 Å². The molecule has 0 saturated carbocycles. The Morgan fingerprint density at radius 1 is 1.00 bits per heavy atom. The Morgan fingerprint density at radius 3 is 2.45 bits per heavy atom. The third kappa shape index (κ3) is 5.39. The monoisotopic (exact) mass is 581 g/mol. The number of carbonyl (C=O) groups excluding carboxylic acids is 2. The molecule has 216 valence electrons. The lowest BCUT2D eigenvalue weighted by atomic mass is 9.96. The molecule has 0 radical (unpaired) electrons. The second-order valence-electron chi connectivity index (χ2n) is 10.8. The molecule has 2 N–H and O–H groups in total. The first-order valence-corrected chi connectivity index (χ1v) is 14.3. The summed E-state index contributed by atoms with van der Waals surface area (Å²) in [6, 6.07) is 21.0. The summed E-state index contributed by atoms with van der Waals surface area (Å²) in [5.41, 5.74) is 7.98. The van der Waals surface area contributed by atoms with Crippen LogP contribution in [0.15, 0.2) is 72.9 Å². The van der Waals surface area contributed by atoms with Crippen LogP contribution in [-0.4, -0.2) is 33.6 Å². The normalized spacial score (nSPS) is 16.5. The quantitative estimate of drug-likeness (QED) is 0.194. The Kier molecular flexibility index (Phi) is 8.13. The number of benzene rings is 2. The minimum atomic E-state index is -0.380. The molecule has 1 aliphatic rings. The zero-order valence-corrected chi connectivity index (χ0v) is 25.5. The van der Waals surface area contributed by atoms with Gasteiger partial charge in [-0.2, -0.15) is 0 Å². The van der Waals surface area contributed by atoms with E-state index in [9.17, 15) is 9.59 Å². The van der Waals surface area contributed by atoms with Gasteiger partial charge in [-0.05, 0) is 98.7 Å². The van der Waals surface area contributed by atoms with Gasteiger partial charge < -0.3 is 24.8 Å². The van der Waals surface area contributed by atoms with Crippen molar-refractivity contribution in [3.05, 3.63) is 107 Å². The van der Waals surface area contributed by atoms with Gasteiger partial charge in [0.1, 0.15) is 0 Å². The molecule has 8 nitrogen and oxygen atoms in total. The fourth-order valence-electron chi connectivity index (χ4n) is 5.54. The van der Waals surface area contributed by atoms with E-state index in [0.29, 0.717) is 10.7 Å². The van der Waals surface area contributed by atoms with Crippen molar-refractivity contribution in [2.24, 2.45) is 5.92 Å². The van der Waals surface area contributed by atoms with Crippen molar-refractivity contribution >= 4 is 40.6 Å². The van der Waals surface area contributed by atoms with E-state index in [4.69, 9.17) is 17.0 Å².